The Kier molecular flexibility index (Phi) is 5.29. The normalized spacial score (nSPS) is 23.5. The quantitative estimate of drug-likeness (QED) is 0.694. The molecule has 1 fully saturated rings. The van der Waals surface area contributed by atoms with E-state index in [0.29, 0.717) is 23.7 Å². The lowest BCUT2D eigenvalue weighted by Gasteiger charge is -2.37. The predicted octanol–water partition coefficient (Wildman–Crippen LogP) is 3.73. The lowest BCUT2D eigenvalue weighted by molar-refractivity contribution is -0.0361. The molecule has 0 bridgehead atoms. The summed E-state index contributed by atoms with van der Waals surface area (Å²) in [6, 6.07) is 5.29. The fourth-order valence-corrected chi connectivity index (χ4v) is 3.26. The van der Waals surface area contributed by atoms with Gasteiger partial charge in [-0.05, 0) is 41.1 Å². The van der Waals surface area contributed by atoms with Gasteiger partial charge < -0.3 is 9.64 Å². The van der Waals surface area contributed by atoms with E-state index in [9.17, 15) is 4.79 Å². The van der Waals surface area contributed by atoms with Crippen molar-refractivity contribution in [2.45, 2.75) is 19.1 Å². The summed E-state index contributed by atoms with van der Waals surface area (Å²) in [6.07, 6.45) is 0.0474. The van der Waals surface area contributed by atoms with Crippen molar-refractivity contribution in [2.75, 3.05) is 18.5 Å². The van der Waals surface area contributed by atoms with Crippen LogP contribution in [0.3, 0.4) is 0 Å². The van der Waals surface area contributed by atoms with Crippen LogP contribution in [0.5, 0.6) is 0 Å². The highest BCUT2D eigenvalue weighted by Gasteiger charge is 2.30. The molecule has 104 valence electrons. The standard InChI is InChI=1S/C13H14Br2ClNO2/c1-8-7-19-10(5-14)6-17(8)13(18)11-3-2-9(16)4-12(11)15/h2-4,8,10H,5-7H2,1H3. The van der Waals surface area contributed by atoms with Crippen molar-refractivity contribution in [3.63, 3.8) is 0 Å². The first-order chi connectivity index (χ1) is 9.02. The molecule has 2 atom stereocenters. The molecule has 6 heteroatoms. The first-order valence-electron chi connectivity index (χ1n) is 5.96. The summed E-state index contributed by atoms with van der Waals surface area (Å²) in [5.41, 5.74) is 0.631. The third-order valence-corrected chi connectivity index (χ3v) is 4.71. The Bertz CT molecular complexity index is 484. The summed E-state index contributed by atoms with van der Waals surface area (Å²) in [5, 5.41) is 1.34. The molecule has 1 aromatic rings. The van der Waals surface area contributed by atoms with E-state index in [2.05, 4.69) is 31.9 Å². The number of nitrogens with zero attached hydrogens (tertiary/aromatic N) is 1. The van der Waals surface area contributed by atoms with E-state index >= 15 is 0 Å². The maximum atomic E-state index is 12.6. The number of amides is 1. The number of carbonyl (C=O) groups is 1. The van der Waals surface area contributed by atoms with Gasteiger partial charge in [-0.1, -0.05) is 27.5 Å². The van der Waals surface area contributed by atoms with Gasteiger partial charge in [0.2, 0.25) is 0 Å². The van der Waals surface area contributed by atoms with E-state index in [-0.39, 0.29) is 18.1 Å². The van der Waals surface area contributed by atoms with E-state index < -0.39 is 0 Å². The monoisotopic (exact) mass is 409 g/mol. The lowest BCUT2D eigenvalue weighted by Crippen LogP contribution is -2.51. The Morgan fingerprint density at radius 3 is 2.95 bits per heavy atom. The van der Waals surface area contributed by atoms with Gasteiger partial charge in [-0.3, -0.25) is 4.79 Å². The summed E-state index contributed by atoms with van der Waals surface area (Å²) in [7, 11) is 0. The number of hydrogen-bond donors (Lipinski definition) is 0. The average Bonchev–Trinajstić information content (AvgIpc) is 2.38. The van der Waals surface area contributed by atoms with Gasteiger partial charge in [0.25, 0.3) is 5.91 Å². The second-order valence-corrected chi connectivity index (χ2v) is 6.48. The smallest absolute Gasteiger partial charge is 0.255 e. The Labute approximate surface area is 134 Å². The molecule has 3 nitrogen and oxygen atoms in total. The lowest BCUT2D eigenvalue weighted by atomic mass is 10.1. The highest BCUT2D eigenvalue weighted by Crippen LogP contribution is 2.25. The van der Waals surface area contributed by atoms with Gasteiger partial charge in [-0.25, -0.2) is 0 Å². The zero-order valence-corrected chi connectivity index (χ0v) is 14.3. The number of halogens is 3. The summed E-state index contributed by atoms with van der Waals surface area (Å²) in [5.74, 6) is 0.00490. The number of rotatable bonds is 2. The van der Waals surface area contributed by atoms with Gasteiger partial charge in [0.1, 0.15) is 0 Å². The Hall–Kier alpha value is -0.100. The van der Waals surface area contributed by atoms with Gasteiger partial charge in [0.05, 0.1) is 24.3 Å². The maximum absolute atomic E-state index is 12.6. The fourth-order valence-electron chi connectivity index (χ4n) is 2.01. The number of hydrogen-bond acceptors (Lipinski definition) is 2. The van der Waals surface area contributed by atoms with Gasteiger partial charge in [0.15, 0.2) is 0 Å². The molecule has 0 aliphatic carbocycles. The molecule has 0 aromatic heterocycles. The van der Waals surface area contributed by atoms with E-state index in [1.807, 2.05) is 11.8 Å². The van der Waals surface area contributed by atoms with Crippen LogP contribution in [0.1, 0.15) is 17.3 Å². The van der Waals surface area contributed by atoms with Gasteiger partial charge in [-0.2, -0.15) is 0 Å². The van der Waals surface area contributed by atoms with Gasteiger partial charge in [-0.15, -0.1) is 0 Å². The van der Waals surface area contributed by atoms with Crippen molar-refractivity contribution in [3.8, 4) is 0 Å². The van der Waals surface area contributed by atoms with E-state index in [1.165, 1.54) is 0 Å². The highest BCUT2D eigenvalue weighted by molar-refractivity contribution is 9.10. The first-order valence-corrected chi connectivity index (χ1v) is 8.25. The average molecular weight is 412 g/mol. The molecule has 2 rings (SSSR count). The molecule has 2 unspecified atom stereocenters. The third-order valence-electron chi connectivity index (χ3n) is 3.10. The third kappa shape index (κ3) is 3.51. The Morgan fingerprint density at radius 1 is 1.58 bits per heavy atom. The van der Waals surface area contributed by atoms with Crippen LogP contribution in [-0.2, 0) is 4.74 Å². The van der Waals surface area contributed by atoms with Gasteiger partial charge >= 0.3 is 0 Å². The number of benzene rings is 1. The highest BCUT2D eigenvalue weighted by atomic mass is 79.9. The van der Waals surface area contributed by atoms with E-state index in [0.717, 1.165) is 9.80 Å². The van der Waals surface area contributed by atoms with Gasteiger partial charge in [0, 0.05) is 21.4 Å². The minimum Gasteiger partial charge on any atom is -0.373 e. The number of carbonyl (C=O) groups excluding carboxylic acids is 1. The largest absolute Gasteiger partial charge is 0.373 e. The number of ether oxygens (including phenoxy) is 1. The molecule has 1 heterocycles. The van der Waals surface area contributed by atoms with Crippen LogP contribution >= 0.6 is 43.5 Å². The molecule has 0 saturated carbocycles. The molecule has 1 aliphatic rings. The van der Waals surface area contributed by atoms with Crippen molar-refractivity contribution in [1.29, 1.82) is 0 Å². The predicted molar refractivity (Wildman–Crippen MR) is 83.2 cm³/mol. The van der Waals surface area contributed by atoms with Crippen molar-refractivity contribution in [1.82, 2.24) is 4.90 Å². The molecule has 0 radical (unpaired) electrons. The summed E-state index contributed by atoms with van der Waals surface area (Å²) < 4.78 is 6.35. The van der Waals surface area contributed by atoms with Crippen LogP contribution in [0.25, 0.3) is 0 Å². The zero-order chi connectivity index (χ0) is 14.0. The minimum atomic E-state index is 0.00490. The molecule has 0 spiro atoms. The summed E-state index contributed by atoms with van der Waals surface area (Å²) in [4.78, 5) is 14.4. The second kappa shape index (κ2) is 6.57. The first kappa shape index (κ1) is 15.3. The van der Waals surface area contributed by atoms with Crippen LogP contribution in [0, 0.1) is 0 Å². The zero-order valence-electron chi connectivity index (χ0n) is 10.4. The van der Waals surface area contributed by atoms with Crippen molar-refractivity contribution >= 4 is 49.4 Å². The van der Waals surface area contributed by atoms with Crippen LogP contribution in [0.15, 0.2) is 22.7 Å². The summed E-state index contributed by atoms with van der Waals surface area (Å²) >= 11 is 12.7. The molecule has 0 N–H and O–H groups in total. The molecule has 1 amide bonds. The van der Waals surface area contributed by atoms with Crippen molar-refractivity contribution < 1.29 is 9.53 Å². The molecule has 1 saturated heterocycles. The van der Waals surface area contributed by atoms with Crippen LogP contribution in [0.4, 0.5) is 0 Å². The Morgan fingerprint density at radius 2 is 2.32 bits per heavy atom. The number of alkyl halides is 1. The summed E-state index contributed by atoms with van der Waals surface area (Å²) in [6.45, 7) is 3.15. The fraction of sp³-hybridized carbons (Fsp3) is 0.462. The topological polar surface area (TPSA) is 29.5 Å². The van der Waals surface area contributed by atoms with Crippen LogP contribution < -0.4 is 0 Å². The molecular weight excluding hydrogens is 397 g/mol. The second-order valence-electron chi connectivity index (χ2n) is 4.54. The van der Waals surface area contributed by atoms with Crippen LogP contribution in [-0.4, -0.2) is 41.4 Å². The van der Waals surface area contributed by atoms with Crippen molar-refractivity contribution in [2.24, 2.45) is 0 Å². The number of morpholine rings is 1. The SMILES string of the molecule is CC1COC(CBr)CN1C(=O)c1ccc(Cl)cc1Br. The van der Waals surface area contributed by atoms with Crippen LogP contribution in [0.2, 0.25) is 5.02 Å². The molecular formula is C13H14Br2ClNO2. The molecule has 19 heavy (non-hydrogen) atoms. The minimum absolute atomic E-state index is 0.00490. The van der Waals surface area contributed by atoms with Crippen molar-refractivity contribution in [3.05, 3.63) is 33.3 Å². The molecule has 1 aliphatic heterocycles. The van der Waals surface area contributed by atoms with E-state index in [1.54, 1.807) is 18.2 Å². The van der Waals surface area contributed by atoms with E-state index in [4.69, 9.17) is 16.3 Å². The molecule has 1 aromatic carbocycles. The maximum Gasteiger partial charge on any atom is 0.255 e. The Balaban J connectivity index is 2.22.